The molecule has 0 N–H and O–H groups in total. The number of Topliss-reactive ketones (excluding diaryl/α,β-unsaturated/α-hetero) is 1. The van der Waals surface area contributed by atoms with Crippen molar-refractivity contribution in [3.05, 3.63) is 57.6 Å². The molecule has 0 atom stereocenters. The van der Waals surface area contributed by atoms with Crippen LogP contribution in [0.25, 0.3) is 0 Å². The van der Waals surface area contributed by atoms with Crippen molar-refractivity contribution in [2.24, 2.45) is 0 Å². The molecule has 0 radical (unpaired) electrons. The highest BCUT2D eigenvalue weighted by atomic mass is 35.5. The summed E-state index contributed by atoms with van der Waals surface area (Å²) in [7, 11) is 0. The van der Waals surface area contributed by atoms with Gasteiger partial charge in [-0.2, -0.15) is 8.78 Å². The second-order valence-electron chi connectivity index (χ2n) is 5.57. The van der Waals surface area contributed by atoms with Crippen LogP contribution in [0.3, 0.4) is 0 Å². The highest BCUT2D eigenvalue weighted by Gasteiger charge is 2.45. The number of carbonyl (C=O) groups excluding carboxylic acids is 1. The van der Waals surface area contributed by atoms with E-state index < -0.39 is 23.9 Å². The molecule has 0 fully saturated rings. The molecule has 0 saturated carbocycles. The maximum Gasteiger partial charge on any atom is 0.310 e. The number of rotatable bonds is 2. The van der Waals surface area contributed by atoms with Crippen molar-refractivity contribution in [3.63, 3.8) is 0 Å². The largest absolute Gasteiger partial charge is 0.346 e. The molecular formula is C16H13ClF3NO. The normalized spacial score (nSPS) is 16.7. The molecule has 3 rings (SSSR count). The van der Waals surface area contributed by atoms with Gasteiger partial charge in [0.05, 0.1) is 0 Å². The number of hydrogen-bond donors (Lipinski definition) is 0. The summed E-state index contributed by atoms with van der Waals surface area (Å²) < 4.78 is 42.3. The van der Waals surface area contributed by atoms with E-state index in [2.05, 4.69) is 0 Å². The highest BCUT2D eigenvalue weighted by molar-refractivity contribution is 6.30. The van der Waals surface area contributed by atoms with Crippen LogP contribution in [0.15, 0.2) is 24.4 Å². The van der Waals surface area contributed by atoms with Gasteiger partial charge in [0.25, 0.3) is 0 Å². The molecule has 2 nitrogen and oxygen atoms in total. The smallest absolute Gasteiger partial charge is 0.310 e. The number of ketones is 1. The number of hydrogen-bond acceptors (Lipinski definition) is 1. The number of carbonyl (C=O) groups is 1. The number of halogens is 4. The molecule has 2 aromatic rings. The molecule has 0 bridgehead atoms. The molecule has 1 aliphatic rings. The number of nitrogens with zero attached hydrogens (tertiary/aromatic N) is 1. The van der Waals surface area contributed by atoms with E-state index >= 15 is 0 Å². The molecule has 1 aromatic heterocycles. The number of aryl methyl sites for hydroxylation is 1. The molecular weight excluding hydrogens is 315 g/mol. The van der Waals surface area contributed by atoms with E-state index in [9.17, 15) is 18.0 Å². The molecule has 0 spiro atoms. The Bertz CT molecular complexity index is 747. The summed E-state index contributed by atoms with van der Waals surface area (Å²) >= 11 is 5.82. The van der Waals surface area contributed by atoms with Crippen LogP contribution in [-0.2, 0) is 13.0 Å². The molecule has 6 heteroatoms. The van der Waals surface area contributed by atoms with E-state index in [-0.39, 0.29) is 23.6 Å². The second-order valence-corrected chi connectivity index (χ2v) is 6.01. The zero-order chi connectivity index (χ0) is 16.1. The predicted octanol–water partition coefficient (Wildman–Crippen LogP) is 4.40. The lowest BCUT2D eigenvalue weighted by Gasteiger charge is -2.22. The van der Waals surface area contributed by atoms with Crippen molar-refractivity contribution in [1.29, 1.82) is 0 Å². The van der Waals surface area contributed by atoms with Crippen LogP contribution in [-0.4, -0.2) is 16.3 Å². The van der Waals surface area contributed by atoms with E-state index in [0.717, 1.165) is 0 Å². The van der Waals surface area contributed by atoms with Gasteiger partial charge in [0.1, 0.15) is 5.82 Å². The minimum atomic E-state index is -3.30. The summed E-state index contributed by atoms with van der Waals surface area (Å²) in [5.41, 5.74) is 1.81. The Morgan fingerprint density at radius 1 is 1.32 bits per heavy atom. The van der Waals surface area contributed by atoms with Gasteiger partial charge in [-0.05, 0) is 42.7 Å². The summed E-state index contributed by atoms with van der Waals surface area (Å²) in [6, 6.07) is 4.16. The summed E-state index contributed by atoms with van der Waals surface area (Å²) in [5, 5.41) is 0.273. The molecule has 1 aliphatic carbocycles. The Morgan fingerprint density at radius 2 is 2.05 bits per heavy atom. The average Bonchev–Trinajstić information content (AvgIpc) is 2.69. The third-order valence-electron chi connectivity index (χ3n) is 3.89. The van der Waals surface area contributed by atoms with Crippen LogP contribution in [0.5, 0.6) is 0 Å². The zero-order valence-corrected chi connectivity index (χ0v) is 12.6. The predicted molar refractivity (Wildman–Crippen MR) is 77.3 cm³/mol. The summed E-state index contributed by atoms with van der Waals surface area (Å²) in [5.74, 6) is -4.88. The Balaban J connectivity index is 2.01. The fraction of sp³-hybridized carbons (Fsp3) is 0.312. The Morgan fingerprint density at radius 3 is 2.73 bits per heavy atom. The van der Waals surface area contributed by atoms with Gasteiger partial charge in [-0.25, -0.2) is 4.39 Å². The zero-order valence-electron chi connectivity index (χ0n) is 11.8. The van der Waals surface area contributed by atoms with Crippen molar-refractivity contribution < 1.29 is 18.0 Å². The molecule has 0 amide bonds. The first-order valence-electron chi connectivity index (χ1n) is 6.84. The summed E-state index contributed by atoms with van der Waals surface area (Å²) in [4.78, 5) is 11.9. The van der Waals surface area contributed by atoms with E-state index in [0.29, 0.717) is 16.8 Å². The molecule has 22 heavy (non-hydrogen) atoms. The van der Waals surface area contributed by atoms with Crippen LogP contribution in [0.1, 0.15) is 33.6 Å². The first kappa shape index (κ1) is 15.2. The Hall–Kier alpha value is -1.75. The molecule has 0 aliphatic heterocycles. The maximum absolute atomic E-state index is 13.6. The van der Waals surface area contributed by atoms with Crippen molar-refractivity contribution in [2.45, 2.75) is 32.2 Å². The van der Waals surface area contributed by atoms with Crippen LogP contribution in [0.4, 0.5) is 13.2 Å². The number of benzene rings is 1. The van der Waals surface area contributed by atoms with Crippen molar-refractivity contribution >= 4 is 17.4 Å². The first-order valence-corrected chi connectivity index (χ1v) is 7.22. The van der Waals surface area contributed by atoms with Gasteiger partial charge in [0, 0.05) is 35.4 Å². The van der Waals surface area contributed by atoms with Gasteiger partial charge in [-0.15, -0.1) is 0 Å². The lowest BCUT2D eigenvalue weighted by molar-refractivity contribution is 0.00157. The minimum absolute atomic E-state index is 0.0961. The molecule has 116 valence electrons. The lowest BCUT2D eigenvalue weighted by atomic mass is 9.91. The summed E-state index contributed by atoms with van der Waals surface area (Å²) in [6.07, 6.45) is 1.28. The van der Waals surface area contributed by atoms with E-state index in [4.69, 9.17) is 11.6 Å². The van der Waals surface area contributed by atoms with Crippen molar-refractivity contribution in [1.82, 2.24) is 4.57 Å². The average molecular weight is 328 g/mol. The second kappa shape index (κ2) is 5.16. The van der Waals surface area contributed by atoms with E-state index in [1.807, 2.05) is 0 Å². The van der Waals surface area contributed by atoms with E-state index in [1.165, 1.54) is 12.1 Å². The molecule has 1 heterocycles. The third kappa shape index (κ3) is 2.54. The van der Waals surface area contributed by atoms with Gasteiger partial charge in [-0.3, -0.25) is 4.79 Å². The Kier molecular flexibility index (Phi) is 3.56. The highest BCUT2D eigenvalue weighted by Crippen LogP contribution is 2.35. The molecule has 1 aromatic carbocycles. The fourth-order valence-corrected chi connectivity index (χ4v) is 3.18. The van der Waals surface area contributed by atoms with Crippen LogP contribution < -0.4 is 0 Å². The molecule has 0 saturated heterocycles. The van der Waals surface area contributed by atoms with Gasteiger partial charge in [0.2, 0.25) is 5.78 Å². The van der Waals surface area contributed by atoms with Crippen LogP contribution >= 0.6 is 11.6 Å². The maximum atomic E-state index is 13.6. The summed E-state index contributed by atoms with van der Waals surface area (Å²) in [6.45, 7) is 1.92. The van der Waals surface area contributed by atoms with Crippen molar-refractivity contribution in [2.75, 3.05) is 0 Å². The number of alkyl halides is 2. The third-order valence-corrected chi connectivity index (χ3v) is 4.11. The van der Waals surface area contributed by atoms with Gasteiger partial charge < -0.3 is 4.57 Å². The van der Waals surface area contributed by atoms with Gasteiger partial charge >= 0.3 is 5.92 Å². The van der Waals surface area contributed by atoms with Crippen LogP contribution in [0, 0.1) is 12.7 Å². The van der Waals surface area contributed by atoms with Gasteiger partial charge in [-0.1, -0.05) is 11.6 Å². The van der Waals surface area contributed by atoms with E-state index in [1.54, 1.807) is 23.8 Å². The quantitative estimate of drug-likeness (QED) is 0.801. The van der Waals surface area contributed by atoms with Gasteiger partial charge in [0.15, 0.2) is 0 Å². The standard InChI is InChI=1S/C16H13ClF3NO/c1-9-7-21(8-10-4-11(17)6-12(18)5-10)13-2-3-16(19,20)15(22)14(9)13/h4-7H,2-3,8H2,1H3. The minimum Gasteiger partial charge on any atom is -0.346 e. The number of aromatic nitrogens is 1. The topological polar surface area (TPSA) is 22.0 Å². The lowest BCUT2D eigenvalue weighted by Crippen LogP contribution is -2.34. The van der Waals surface area contributed by atoms with Crippen molar-refractivity contribution in [3.8, 4) is 0 Å². The number of fused-ring (bicyclic) bond motifs is 1. The Labute approximate surface area is 130 Å². The first-order chi connectivity index (χ1) is 10.3. The fourth-order valence-electron chi connectivity index (χ4n) is 2.94. The SMILES string of the molecule is Cc1cn(Cc2cc(F)cc(Cl)c2)c2c1C(=O)C(F)(F)CC2. The molecule has 0 unspecified atom stereocenters. The van der Waals surface area contributed by atoms with Crippen LogP contribution in [0.2, 0.25) is 5.02 Å². The monoisotopic (exact) mass is 327 g/mol.